The summed E-state index contributed by atoms with van der Waals surface area (Å²) in [7, 11) is 0. The zero-order valence-electron chi connectivity index (χ0n) is 13.1. The molecule has 0 saturated heterocycles. The molecule has 0 bridgehead atoms. The van der Waals surface area contributed by atoms with Gasteiger partial charge in [-0.15, -0.1) is 0 Å². The maximum absolute atomic E-state index is 6.05. The van der Waals surface area contributed by atoms with E-state index >= 15 is 0 Å². The molecule has 0 aliphatic rings. The zero-order chi connectivity index (χ0) is 15.2. The smallest absolute Gasteiger partial charge is 0.0595 e. The van der Waals surface area contributed by atoms with E-state index < -0.39 is 0 Å². The van der Waals surface area contributed by atoms with Crippen LogP contribution in [0.2, 0.25) is 10.0 Å². The van der Waals surface area contributed by atoms with Crippen LogP contribution in [0.5, 0.6) is 0 Å². The first-order valence-corrected chi connectivity index (χ1v) is 8.27. The minimum atomic E-state index is 0.298. The van der Waals surface area contributed by atoms with Gasteiger partial charge in [0.05, 0.1) is 10.0 Å². The lowest BCUT2D eigenvalue weighted by molar-refractivity contribution is 0.251. The molecule has 1 aromatic carbocycles. The summed E-state index contributed by atoms with van der Waals surface area (Å²) in [6.45, 7) is 10.2. The van der Waals surface area contributed by atoms with Crippen LogP contribution < -0.4 is 5.32 Å². The van der Waals surface area contributed by atoms with E-state index in [4.69, 9.17) is 23.2 Å². The van der Waals surface area contributed by atoms with Crippen LogP contribution in [-0.4, -0.2) is 12.6 Å². The monoisotopic (exact) mass is 315 g/mol. The quantitative estimate of drug-likeness (QED) is 0.677. The van der Waals surface area contributed by atoms with Crippen molar-refractivity contribution >= 4 is 23.2 Å². The van der Waals surface area contributed by atoms with Crippen molar-refractivity contribution in [2.24, 2.45) is 5.41 Å². The van der Waals surface area contributed by atoms with E-state index in [0.29, 0.717) is 21.5 Å². The lowest BCUT2D eigenvalue weighted by Gasteiger charge is -2.32. The number of benzene rings is 1. The van der Waals surface area contributed by atoms with Gasteiger partial charge in [0, 0.05) is 6.04 Å². The maximum atomic E-state index is 6.05. The van der Waals surface area contributed by atoms with E-state index in [1.165, 1.54) is 18.4 Å². The minimum absolute atomic E-state index is 0.298. The third-order valence-corrected chi connectivity index (χ3v) is 4.37. The van der Waals surface area contributed by atoms with Gasteiger partial charge in [-0.2, -0.15) is 0 Å². The van der Waals surface area contributed by atoms with Crippen molar-refractivity contribution in [3.05, 3.63) is 33.8 Å². The summed E-state index contributed by atoms with van der Waals surface area (Å²) in [5, 5.41) is 4.95. The van der Waals surface area contributed by atoms with Gasteiger partial charge in [-0.05, 0) is 55.3 Å². The molecular formula is C17H27Cl2N. The fraction of sp³-hybridized carbons (Fsp3) is 0.647. The number of halogens is 2. The van der Waals surface area contributed by atoms with Crippen LogP contribution in [0.1, 0.15) is 52.5 Å². The Bertz CT molecular complexity index is 410. The second-order valence-electron chi connectivity index (χ2n) is 6.51. The first-order chi connectivity index (χ1) is 9.34. The van der Waals surface area contributed by atoms with E-state index in [9.17, 15) is 0 Å². The van der Waals surface area contributed by atoms with Gasteiger partial charge >= 0.3 is 0 Å². The van der Waals surface area contributed by atoms with E-state index in [0.717, 1.165) is 19.4 Å². The van der Waals surface area contributed by atoms with Gasteiger partial charge in [-0.25, -0.2) is 0 Å². The van der Waals surface area contributed by atoms with Gasteiger partial charge < -0.3 is 5.32 Å². The van der Waals surface area contributed by atoms with Crippen LogP contribution in [0, 0.1) is 5.41 Å². The molecule has 20 heavy (non-hydrogen) atoms. The molecule has 0 fully saturated rings. The predicted octanol–water partition coefficient (Wildman–Crippen LogP) is 5.73. The normalized spacial score (nSPS) is 13.5. The van der Waals surface area contributed by atoms with Crippen LogP contribution in [0.15, 0.2) is 18.2 Å². The highest BCUT2D eigenvalue weighted by atomic mass is 35.5. The largest absolute Gasteiger partial charge is 0.313 e. The van der Waals surface area contributed by atoms with Crippen LogP contribution in [0.4, 0.5) is 0 Å². The molecule has 0 heterocycles. The Balaban J connectivity index is 2.49. The summed E-state index contributed by atoms with van der Waals surface area (Å²) in [5.74, 6) is 0. The molecule has 114 valence electrons. The van der Waals surface area contributed by atoms with Crippen LogP contribution in [0.3, 0.4) is 0 Å². The molecule has 1 N–H and O–H groups in total. The van der Waals surface area contributed by atoms with Crippen LogP contribution in [-0.2, 0) is 6.42 Å². The third kappa shape index (κ3) is 6.03. The Morgan fingerprint density at radius 3 is 2.40 bits per heavy atom. The topological polar surface area (TPSA) is 12.0 Å². The van der Waals surface area contributed by atoms with Crippen LogP contribution >= 0.6 is 23.2 Å². The van der Waals surface area contributed by atoms with Gasteiger partial charge in [0.25, 0.3) is 0 Å². The minimum Gasteiger partial charge on any atom is -0.313 e. The number of nitrogens with one attached hydrogen (secondary N) is 1. The third-order valence-electron chi connectivity index (χ3n) is 3.63. The second-order valence-corrected chi connectivity index (χ2v) is 7.33. The van der Waals surface area contributed by atoms with Gasteiger partial charge in [-0.1, -0.05) is 57.0 Å². The standard InChI is InChI=1S/C17H27Cl2N/c1-5-11-20-16(17(2,3)4)8-6-7-13-9-10-14(18)15(19)12-13/h9-10,12,16,20H,5-8,11H2,1-4H3. The Kier molecular flexibility index (Phi) is 7.36. The van der Waals surface area contributed by atoms with Crippen molar-refractivity contribution in [1.82, 2.24) is 5.32 Å². The molecular weight excluding hydrogens is 289 g/mol. The summed E-state index contributed by atoms with van der Waals surface area (Å²) in [4.78, 5) is 0. The highest BCUT2D eigenvalue weighted by Gasteiger charge is 2.23. The molecule has 1 nitrogen and oxygen atoms in total. The predicted molar refractivity (Wildman–Crippen MR) is 90.9 cm³/mol. The molecule has 0 aromatic heterocycles. The summed E-state index contributed by atoms with van der Waals surface area (Å²) in [5.41, 5.74) is 1.56. The Labute approximate surface area is 134 Å². The summed E-state index contributed by atoms with van der Waals surface area (Å²) >= 11 is 12.0. The zero-order valence-corrected chi connectivity index (χ0v) is 14.6. The van der Waals surface area contributed by atoms with Gasteiger partial charge in [-0.3, -0.25) is 0 Å². The first kappa shape index (κ1) is 17.8. The molecule has 0 saturated carbocycles. The van der Waals surface area contributed by atoms with E-state index in [1.807, 2.05) is 12.1 Å². The van der Waals surface area contributed by atoms with Crippen molar-refractivity contribution in [3.63, 3.8) is 0 Å². The molecule has 1 unspecified atom stereocenters. The fourth-order valence-electron chi connectivity index (χ4n) is 2.37. The van der Waals surface area contributed by atoms with Crippen molar-refractivity contribution in [2.45, 2.75) is 59.4 Å². The first-order valence-electron chi connectivity index (χ1n) is 7.52. The number of rotatable bonds is 7. The molecule has 0 amide bonds. The van der Waals surface area contributed by atoms with Crippen molar-refractivity contribution in [2.75, 3.05) is 6.54 Å². The molecule has 1 aromatic rings. The number of hydrogen-bond donors (Lipinski definition) is 1. The summed E-state index contributed by atoms with van der Waals surface area (Å²) in [6, 6.07) is 6.50. The average molecular weight is 316 g/mol. The Hall–Kier alpha value is -0.240. The lowest BCUT2D eigenvalue weighted by atomic mass is 9.83. The second kappa shape index (κ2) is 8.26. The highest BCUT2D eigenvalue weighted by Crippen LogP contribution is 2.26. The highest BCUT2D eigenvalue weighted by molar-refractivity contribution is 6.42. The van der Waals surface area contributed by atoms with Gasteiger partial charge in [0.15, 0.2) is 0 Å². The molecule has 0 spiro atoms. The molecule has 0 aliphatic carbocycles. The van der Waals surface area contributed by atoms with E-state index in [1.54, 1.807) is 0 Å². The summed E-state index contributed by atoms with van der Waals surface area (Å²) in [6.07, 6.45) is 4.58. The van der Waals surface area contributed by atoms with Crippen molar-refractivity contribution < 1.29 is 0 Å². The number of aryl methyl sites for hydroxylation is 1. The molecule has 0 radical (unpaired) electrons. The van der Waals surface area contributed by atoms with Crippen molar-refractivity contribution in [3.8, 4) is 0 Å². The van der Waals surface area contributed by atoms with Crippen LogP contribution in [0.25, 0.3) is 0 Å². The maximum Gasteiger partial charge on any atom is 0.0595 e. The van der Waals surface area contributed by atoms with Crippen molar-refractivity contribution in [1.29, 1.82) is 0 Å². The van der Waals surface area contributed by atoms with Gasteiger partial charge in [0.2, 0.25) is 0 Å². The molecule has 1 atom stereocenters. The Morgan fingerprint density at radius 2 is 1.85 bits per heavy atom. The summed E-state index contributed by atoms with van der Waals surface area (Å²) < 4.78 is 0. The Morgan fingerprint density at radius 1 is 1.15 bits per heavy atom. The molecule has 0 aliphatic heterocycles. The fourth-order valence-corrected chi connectivity index (χ4v) is 2.69. The molecule has 3 heteroatoms. The SMILES string of the molecule is CCCNC(CCCc1ccc(Cl)c(Cl)c1)C(C)(C)C. The van der Waals surface area contributed by atoms with E-state index in [2.05, 4.69) is 39.1 Å². The van der Waals surface area contributed by atoms with E-state index in [-0.39, 0.29) is 0 Å². The average Bonchev–Trinajstić information content (AvgIpc) is 2.36. The number of hydrogen-bond acceptors (Lipinski definition) is 1. The molecule has 1 rings (SSSR count). The van der Waals surface area contributed by atoms with Gasteiger partial charge in [0.1, 0.15) is 0 Å². The lowest BCUT2D eigenvalue weighted by Crippen LogP contribution is -2.40.